The van der Waals surface area contributed by atoms with Gasteiger partial charge in [0, 0.05) is 12.4 Å². The van der Waals surface area contributed by atoms with Gasteiger partial charge in [0.25, 0.3) is 0 Å². The lowest BCUT2D eigenvalue weighted by Crippen LogP contribution is -2.51. The van der Waals surface area contributed by atoms with Crippen LogP contribution >= 0.6 is 11.8 Å². The van der Waals surface area contributed by atoms with Crippen molar-refractivity contribution in [1.82, 2.24) is 5.32 Å². The van der Waals surface area contributed by atoms with Gasteiger partial charge in [-0.05, 0) is 45.4 Å². The molecule has 1 amide bonds. The van der Waals surface area contributed by atoms with Gasteiger partial charge in [-0.25, -0.2) is 0 Å². The highest BCUT2D eigenvalue weighted by Gasteiger charge is 2.27. The first kappa shape index (κ1) is 14.8. The van der Waals surface area contributed by atoms with E-state index < -0.39 is 5.54 Å². The maximum Gasteiger partial charge on any atom is 0.237 e. The molecule has 1 aliphatic rings. The number of nitrogens with one attached hydrogen (secondary N) is 1. The smallest absolute Gasteiger partial charge is 0.237 e. The van der Waals surface area contributed by atoms with Gasteiger partial charge in [-0.2, -0.15) is 11.8 Å². The monoisotopic (exact) mass is 260 g/mol. The Balaban J connectivity index is 2.08. The second-order valence-electron chi connectivity index (χ2n) is 4.76. The number of rotatable bonds is 8. The molecule has 1 saturated heterocycles. The van der Waals surface area contributed by atoms with Crippen LogP contribution in [0.3, 0.4) is 0 Å². The van der Waals surface area contributed by atoms with Crippen LogP contribution in [-0.4, -0.2) is 42.7 Å². The topological polar surface area (TPSA) is 64.3 Å². The highest BCUT2D eigenvalue weighted by atomic mass is 32.2. The molecule has 0 saturated carbocycles. The van der Waals surface area contributed by atoms with E-state index in [1.54, 1.807) is 7.05 Å². The molecule has 0 aromatic heterocycles. The second-order valence-corrected chi connectivity index (χ2v) is 5.91. The summed E-state index contributed by atoms with van der Waals surface area (Å²) in [5.41, 5.74) is 4.80. The van der Waals surface area contributed by atoms with Crippen molar-refractivity contribution in [2.45, 2.75) is 44.2 Å². The van der Waals surface area contributed by atoms with Crippen molar-refractivity contribution in [3.8, 4) is 0 Å². The van der Waals surface area contributed by atoms with E-state index in [9.17, 15) is 4.79 Å². The van der Waals surface area contributed by atoms with Crippen molar-refractivity contribution < 1.29 is 9.53 Å². The van der Waals surface area contributed by atoms with Gasteiger partial charge in [0.2, 0.25) is 5.91 Å². The average molecular weight is 260 g/mol. The Morgan fingerprint density at radius 2 is 2.41 bits per heavy atom. The highest BCUT2D eigenvalue weighted by molar-refractivity contribution is 7.99. The maximum absolute atomic E-state index is 11.3. The molecule has 2 atom stereocenters. The van der Waals surface area contributed by atoms with Gasteiger partial charge in [-0.3, -0.25) is 4.79 Å². The Labute approximate surface area is 108 Å². The molecule has 2 unspecified atom stereocenters. The molecule has 0 aromatic carbocycles. The van der Waals surface area contributed by atoms with Crippen LogP contribution in [0.2, 0.25) is 0 Å². The quantitative estimate of drug-likeness (QED) is 0.642. The first-order valence-corrected chi connectivity index (χ1v) is 7.42. The SMILES string of the molecule is CNC(C)(CCCSCC1CCCO1)C(N)=O. The van der Waals surface area contributed by atoms with Gasteiger partial charge in [0.1, 0.15) is 0 Å². The molecule has 17 heavy (non-hydrogen) atoms. The molecule has 100 valence electrons. The molecule has 0 radical (unpaired) electrons. The number of primary amides is 1. The lowest BCUT2D eigenvalue weighted by atomic mass is 9.96. The average Bonchev–Trinajstić information content (AvgIpc) is 2.81. The molecule has 5 heteroatoms. The van der Waals surface area contributed by atoms with Gasteiger partial charge in [-0.15, -0.1) is 0 Å². The van der Waals surface area contributed by atoms with E-state index in [4.69, 9.17) is 10.5 Å². The van der Waals surface area contributed by atoms with E-state index in [1.807, 2.05) is 18.7 Å². The second kappa shape index (κ2) is 7.24. The Morgan fingerprint density at radius 1 is 1.65 bits per heavy atom. The van der Waals surface area contributed by atoms with Crippen molar-refractivity contribution >= 4 is 17.7 Å². The summed E-state index contributed by atoms with van der Waals surface area (Å²) in [7, 11) is 1.78. The summed E-state index contributed by atoms with van der Waals surface area (Å²) in [5.74, 6) is 1.86. The van der Waals surface area contributed by atoms with E-state index in [0.29, 0.717) is 6.10 Å². The summed E-state index contributed by atoms with van der Waals surface area (Å²) in [6, 6.07) is 0. The Bertz CT molecular complexity index is 245. The fourth-order valence-electron chi connectivity index (χ4n) is 1.89. The van der Waals surface area contributed by atoms with Gasteiger partial charge < -0.3 is 15.8 Å². The number of ether oxygens (including phenoxy) is 1. The number of hydrogen-bond donors (Lipinski definition) is 2. The molecule has 1 fully saturated rings. The summed E-state index contributed by atoms with van der Waals surface area (Å²) in [4.78, 5) is 11.3. The summed E-state index contributed by atoms with van der Waals surface area (Å²) in [5, 5.41) is 3.00. The lowest BCUT2D eigenvalue weighted by Gasteiger charge is -2.25. The van der Waals surface area contributed by atoms with Crippen LogP contribution in [0.15, 0.2) is 0 Å². The normalized spacial score (nSPS) is 23.5. The Morgan fingerprint density at radius 3 is 2.94 bits per heavy atom. The van der Waals surface area contributed by atoms with Crippen molar-refractivity contribution in [2.75, 3.05) is 25.2 Å². The van der Waals surface area contributed by atoms with Crippen LogP contribution in [-0.2, 0) is 9.53 Å². The fourth-order valence-corrected chi connectivity index (χ4v) is 2.93. The number of thioether (sulfide) groups is 1. The first-order valence-electron chi connectivity index (χ1n) is 6.26. The number of nitrogens with two attached hydrogens (primary N) is 1. The molecule has 0 aromatic rings. The highest BCUT2D eigenvalue weighted by Crippen LogP contribution is 2.19. The van der Waals surface area contributed by atoms with Gasteiger partial charge in [0.15, 0.2) is 0 Å². The van der Waals surface area contributed by atoms with Crippen molar-refractivity contribution in [3.63, 3.8) is 0 Å². The standard InChI is InChI=1S/C12H24N2O2S/c1-12(14-2,11(13)15)6-4-8-17-9-10-5-3-7-16-10/h10,14H,3-9H2,1-2H3,(H2,13,15). The van der Waals surface area contributed by atoms with E-state index in [1.165, 1.54) is 12.8 Å². The zero-order valence-corrected chi connectivity index (χ0v) is 11.6. The minimum absolute atomic E-state index is 0.274. The van der Waals surface area contributed by atoms with Crippen LogP contribution in [0.4, 0.5) is 0 Å². The van der Waals surface area contributed by atoms with Gasteiger partial charge in [-0.1, -0.05) is 0 Å². The largest absolute Gasteiger partial charge is 0.377 e. The molecule has 3 N–H and O–H groups in total. The summed E-state index contributed by atoms with van der Waals surface area (Å²) in [6.07, 6.45) is 4.63. The Hall–Kier alpha value is -0.260. The molecule has 1 aliphatic heterocycles. The van der Waals surface area contributed by atoms with Crippen LogP contribution in [0.5, 0.6) is 0 Å². The minimum Gasteiger partial charge on any atom is -0.377 e. The van der Waals surface area contributed by atoms with Gasteiger partial charge >= 0.3 is 0 Å². The zero-order valence-electron chi connectivity index (χ0n) is 10.8. The molecule has 0 spiro atoms. The molecular formula is C12H24N2O2S. The third kappa shape index (κ3) is 4.85. The van der Waals surface area contributed by atoms with Crippen molar-refractivity contribution in [2.24, 2.45) is 5.73 Å². The predicted octanol–water partition coefficient (Wildman–Crippen LogP) is 1.14. The number of carbonyl (C=O) groups is 1. The summed E-state index contributed by atoms with van der Waals surface area (Å²) >= 11 is 1.91. The molecular weight excluding hydrogens is 236 g/mol. The van der Waals surface area contributed by atoms with E-state index in [0.717, 1.165) is 31.0 Å². The minimum atomic E-state index is -0.565. The van der Waals surface area contributed by atoms with Crippen LogP contribution < -0.4 is 11.1 Å². The first-order chi connectivity index (χ1) is 8.08. The number of carbonyl (C=O) groups excluding carboxylic acids is 1. The van der Waals surface area contributed by atoms with Crippen molar-refractivity contribution in [3.05, 3.63) is 0 Å². The van der Waals surface area contributed by atoms with E-state index >= 15 is 0 Å². The van der Waals surface area contributed by atoms with Crippen LogP contribution in [0.1, 0.15) is 32.6 Å². The number of amides is 1. The van der Waals surface area contributed by atoms with Gasteiger partial charge in [0.05, 0.1) is 11.6 Å². The molecule has 0 aliphatic carbocycles. The summed E-state index contributed by atoms with van der Waals surface area (Å²) in [6.45, 7) is 2.78. The molecule has 4 nitrogen and oxygen atoms in total. The number of likely N-dealkylation sites (N-methyl/N-ethyl adjacent to an activating group) is 1. The van der Waals surface area contributed by atoms with Crippen molar-refractivity contribution in [1.29, 1.82) is 0 Å². The summed E-state index contributed by atoms with van der Waals surface area (Å²) < 4.78 is 5.55. The third-order valence-corrected chi connectivity index (χ3v) is 4.57. The van der Waals surface area contributed by atoms with Crippen LogP contribution in [0, 0.1) is 0 Å². The zero-order chi connectivity index (χ0) is 12.7. The predicted molar refractivity (Wildman–Crippen MR) is 72.2 cm³/mol. The molecule has 1 heterocycles. The molecule has 1 rings (SSSR count). The van der Waals surface area contributed by atoms with Crippen LogP contribution in [0.25, 0.3) is 0 Å². The fraction of sp³-hybridized carbons (Fsp3) is 0.917. The maximum atomic E-state index is 11.3. The molecule has 0 bridgehead atoms. The number of hydrogen-bond acceptors (Lipinski definition) is 4. The van der Waals surface area contributed by atoms with E-state index in [-0.39, 0.29) is 5.91 Å². The van der Waals surface area contributed by atoms with E-state index in [2.05, 4.69) is 5.32 Å². The lowest BCUT2D eigenvalue weighted by molar-refractivity contribution is -0.123. The Kier molecular flexibility index (Phi) is 6.30. The third-order valence-electron chi connectivity index (χ3n) is 3.39.